The lowest BCUT2D eigenvalue weighted by atomic mass is 9.89. The number of amides is 1. The van der Waals surface area contributed by atoms with Crippen molar-refractivity contribution < 1.29 is 14.7 Å². The average Bonchev–Trinajstić information content (AvgIpc) is 3.00. The number of carbonyl (C=O) groups excluding carboxylic acids is 1. The van der Waals surface area contributed by atoms with Gasteiger partial charge in [0.1, 0.15) is 5.69 Å². The molecule has 3 rings (SSSR count). The van der Waals surface area contributed by atoms with Crippen LogP contribution in [0.25, 0.3) is 0 Å². The van der Waals surface area contributed by atoms with E-state index in [-0.39, 0.29) is 18.0 Å². The first-order valence-corrected chi connectivity index (χ1v) is 6.55. The third-order valence-electron chi connectivity index (χ3n) is 4.31. The minimum Gasteiger partial charge on any atom is -0.481 e. The maximum atomic E-state index is 12.6. The molecule has 1 aromatic heterocycles. The SMILES string of the molecule is Cc1cc(C(=O)N2C3CCC2C(C(=O)O)C3)n(C)n1. The Morgan fingerprint density at radius 2 is 2.16 bits per heavy atom. The highest BCUT2D eigenvalue weighted by atomic mass is 16.4. The summed E-state index contributed by atoms with van der Waals surface area (Å²) in [7, 11) is 1.74. The predicted octanol–water partition coefficient (Wildman–Crippen LogP) is 0.806. The first-order chi connectivity index (χ1) is 8.99. The molecular weight excluding hydrogens is 246 g/mol. The summed E-state index contributed by atoms with van der Waals surface area (Å²) in [5, 5.41) is 13.4. The molecule has 102 valence electrons. The summed E-state index contributed by atoms with van der Waals surface area (Å²) in [6.07, 6.45) is 2.30. The fraction of sp³-hybridized carbons (Fsp3) is 0.615. The van der Waals surface area contributed by atoms with E-state index >= 15 is 0 Å². The molecule has 19 heavy (non-hydrogen) atoms. The summed E-state index contributed by atoms with van der Waals surface area (Å²) < 4.78 is 1.57. The van der Waals surface area contributed by atoms with Crippen molar-refractivity contribution in [3.63, 3.8) is 0 Å². The van der Waals surface area contributed by atoms with Crippen LogP contribution in [0.2, 0.25) is 0 Å². The topological polar surface area (TPSA) is 75.4 Å². The molecule has 0 radical (unpaired) electrons. The summed E-state index contributed by atoms with van der Waals surface area (Å²) in [5.41, 5.74) is 1.34. The van der Waals surface area contributed by atoms with Crippen molar-refractivity contribution in [3.8, 4) is 0 Å². The van der Waals surface area contributed by atoms with Gasteiger partial charge >= 0.3 is 5.97 Å². The summed E-state index contributed by atoms with van der Waals surface area (Å²) in [5.74, 6) is -1.28. The van der Waals surface area contributed by atoms with Crippen molar-refractivity contribution in [2.45, 2.75) is 38.3 Å². The maximum Gasteiger partial charge on any atom is 0.308 e. The number of aromatic nitrogens is 2. The summed E-state index contributed by atoms with van der Waals surface area (Å²) in [6, 6.07) is 1.69. The van der Waals surface area contributed by atoms with Gasteiger partial charge in [-0.1, -0.05) is 0 Å². The normalized spacial score (nSPS) is 28.9. The fourth-order valence-electron chi connectivity index (χ4n) is 3.51. The summed E-state index contributed by atoms with van der Waals surface area (Å²) in [6.45, 7) is 1.84. The molecule has 2 fully saturated rings. The van der Waals surface area contributed by atoms with E-state index in [0.717, 1.165) is 18.5 Å². The van der Waals surface area contributed by atoms with Crippen LogP contribution in [-0.4, -0.2) is 43.7 Å². The third-order valence-corrected chi connectivity index (χ3v) is 4.31. The highest BCUT2D eigenvalue weighted by molar-refractivity contribution is 5.94. The molecule has 2 bridgehead atoms. The molecule has 3 unspecified atom stereocenters. The lowest BCUT2D eigenvalue weighted by Crippen LogP contribution is -2.38. The second kappa shape index (κ2) is 4.08. The Balaban J connectivity index is 1.89. The second-order valence-corrected chi connectivity index (χ2v) is 5.49. The van der Waals surface area contributed by atoms with Crippen molar-refractivity contribution in [2.24, 2.45) is 13.0 Å². The van der Waals surface area contributed by atoms with Crippen LogP contribution in [0.3, 0.4) is 0 Å². The molecule has 1 amide bonds. The standard InChI is InChI=1S/C13H17N3O3/c1-7-5-11(15(2)14-7)12(17)16-8-3-4-10(16)9(6-8)13(18)19/h5,8-10H,3-4,6H2,1-2H3,(H,18,19). The molecule has 0 aliphatic carbocycles. The fourth-order valence-corrected chi connectivity index (χ4v) is 3.51. The Bertz CT molecular complexity index is 551. The van der Waals surface area contributed by atoms with Gasteiger partial charge in [0, 0.05) is 19.1 Å². The number of hydrogen-bond donors (Lipinski definition) is 1. The number of hydrogen-bond acceptors (Lipinski definition) is 3. The van der Waals surface area contributed by atoms with Crippen LogP contribution in [0.5, 0.6) is 0 Å². The number of carboxylic acids is 1. The molecule has 0 saturated carbocycles. The van der Waals surface area contributed by atoms with Crippen LogP contribution in [0, 0.1) is 12.8 Å². The lowest BCUT2D eigenvalue weighted by molar-refractivity contribution is -0.142. The van der Waals surface area contributed by atoms with Gasteiger partial charge in [0.15, 0.2) is 0 Å². The van der Waals surface area contributed by atoms with Gasteiger partial charge in [0.2, 0.25) is 0 Å². The van der Waals surface area contributed by atoms with E-state index in [2.05, 4.69) is 5.10 Å². The quantitative estimate of drug-likeness (QED) is 0.856. The second-order valence-electron chi connectivity index (χ2n) is 5.49. The van der Waals surface area contributed by atoms with Gasteiger partial charge in [-0.05, 0) is 32.3 Å². The van der Waals surface area contributed by atoms with Gasteiger partial charge in [-0.2, -0.15) is 5.10 Å². The van der Waals surface area contributed by atoms with Crippen LogP contribution >= 0.6 is 0 Å². The third kappa shape index (κ3) is 1.74. The molecular formula is C13H17N3O3. The summed E-state index contributed by atoms with van der Waals surface area (Å²) in [4.78, 5) is 25.6. The van der Waals surface area contributed by atoms with Crippen LogP contribution in [0.4, 0.5) is 0 Å². The molecule has 6 heteroatoms. The molecule has 3 atom stereocenters. The Kier molecular flexibility index (Phi) is 2.62. The monoisotopic (exact) mass is 263 g/mol. The van der Waals surface area contributed by atoms with Gasteiger partial charge in [-0.15, -0.1) is 0 Å². The Hall–Kier alpha value is -1.85. The van der Waals surface area contributed by atoms with Gasteiger partial charge in [0.05, 0.1) is 11.6 Å². The number of fused-ring (bicyclic) bond motifs is 2. The van der Waals surface area contributed by atoms with Crippen molar-refractivity contribution in [2.75, 3.05) is 0 Å². The molecule has 0 spiro atoms. The Labute approximate surface area is 111 Å². The maximum absolute atomic E-state index is 12.6. The highest BCUT2D eigenvalue weighted by Gasteiger charge is 2.51. The number of aryl methyl sites for hydroxylation is 2. The van der Waals surface area contributed by atoms with E-state index in [1.807, 2.05) is 6.92 Å². The highest BCUT2D eigenvalue weighted by Crippen LogP contribution is 2.42. The molecule has 1 N–H and O–H groups in total. The van der Waals surface area contributed by atoms with Crippen LogP contribution in [0.15, 0.2) is 6.07 Å². The van der Waals surface area contributed by atoms with E-state index in [4.69, 9.17) is 0 Å². The minimum atomic E-state index is -0.786. The van der Waals surface area contributed by atoms with E-state index in [1.165, 1.54) is 0 Å². The summed E-state index contributed by atoms with van der Waals surface area (Å²) >= 11 is 0. The molecule has 6 nitrogen and oxygen atoms in total. The van der Waals surface area contributed by atoms with Crippen LogP contribution < -0.4 is 0 Å². The molecule has 2 aliphatic rings. The molecule has 0 aromatic carbocycles. The molecule has 1 aromatic rings. The zero-order chi connectivity index (χ0) is 13.7. The van der Waals surface area contributed by atoms with E-state index in [0.29, 0.717) is 12.1 Å². The predicted molar refractivity (Wildman–Crippen MR) is 66.7 cm³/mol. The minimum absolute atomic E-state index is 0.0776. The van der Waals surface area contributed by atoms with Gasteiger partial charge in [0.25, 0.3) is 5.91 Å². The first-order valence-electron chi connectivity index (χ1n) is 6.55. The average molecular weight is 263 g/mol. The van der Waals surface area contributed by atoms with E-state index < -0.39 is 11.9 Å². The van der Waals surface area contributed by atoms with Gasteiger partial charge < -0.3 is 10.0 Å². The van der Waals surface area contributed by atoms with Gasteiger partial charge in [-0.25, -0.2) is 0 Å². The van der Waals surface area contributed by atoms with E-state index in [9.17, 15) is 14.7 Å². The Morgan fingerprint density at radius 3 is 2.68 bits per heavy atom. The Morgan fingerprint density at radius 1 is 1.42 bits per heavy atom. The molecule has 3 heterocycles. The van der Waals surface area contributed by atoms with Crippen LogP contribution in [-0.2, 0) is 11.8 Å². The van der Waals surface area contributed by atoms with E-state index in [1.54, 1.807) is 22.7 Å². The number of nitrogens with zero attached hydrogens (tertiary/aromatic N) is 3. The largest absolute Gasteiger partial charge is 0.481 e. The number of carbonyl (C=O) groups is 2. The smallest absolute Gasteiger partial charge is 0.308 e. The molecule has 2 saturated heterocycles. The van der Waals surface area contributed by atoms with Crippen molar-refractivity contribution in [1.82, 2.24) is 14.7 Å². The van der Waals surface area contributed by atoms with Crippen molar-refractivity contribution in [1.29, 1.82) is 0 Å². The van der Waals surface area contributed by atoms with Crippen molar-refractivity contribution in [3.05, 3.63) is 17.5 Å². The number of carboxylic acid groups (broad SMARTS) is 1. The van der Waals surface area contributed by atoms with Crippen LogP contribution in [0.1, 0.15) is 35.4 Å². The lowest BCUT2D eigenvalue weighted by Gasteiger charge is -2.22. The zero-order valence-corrected chi connectivity index (χ0v) is 11.0. The van der Waals surface area contributed by atoms with Gasteiger partial charge in [-0.3, -0.25) is 14.3 Å². The molecule has 2 aliphatic heterocycles. The first kappa shape index (κ1) is 12.2. The van der Waals surface area contributed by atoms with Crippen molar-refractivity contribution >= 4 is 11.9 Å². The number of aliphatic carboxylic acids is 1. The zero-order valence-electron chi connectivity index (χ0n) is 11.0. The number of rotatable bonds is 2.